The first kappa shape index (κ1) is 14.1. The van der Waals surface area contributed by atoms with Crippen LogP contribution in [0.2, 0.25) is 0 Å². The third-order valence-electron chi connectivity index (χ3n) is 2.80. The molecule has 1 aromatic carbocycles. The van der Waals surface area contributed by atoms with Gasteiger partial charge in [0.05, 0.1) is 5.75 Å². The Bertz CT molecular complexity index is 510. The quantitative estimate of drug-likeness (QED) is 0.879. The Morgan fingerprint density at radius 3 is 2.74 bits per heavy atom. The molecular formula is C14H19N3OS. The Hall–Kier alpha value is -1.33. The molecule has 4 nitrogen and oxygen atoms in total. The highest BCUT2D eigenvalue weighted by Crippen LogP contribution is 2.19. The highest BCUT2D eigenvalue weighted by Gasteiger charge is 2.09. The van der Waals surface area contributed by atoms with Gasteiger partial charge in [-0.15, -0.1) is 0 Å². The Balaban J connectivity index is 1.93. The van der Waals surface area contributed by atoms with Gasteiger partial charge in [0, 0.05) is 5.56 Å². The topological polar surface area (TPSA) is 64.9 Å². The molecule has 0 spiro atoms. The van der Waals surface area contributed by atoms with E-state index >= 15 is 0 Å². The molecule has 2 rings (SSSR count). The van der Waals surface area contributed by atoms with Crippen LogP contribution in [-0.4, -0.2) is 22.4 Å². The van der Waals surface area contributed by atoms with Crippen molar-refractivity contribution in [2.24, 2.45) is 11.7 Å². The average molecular weight is 277 g/mol. The lowest BCUT2D eigenvalue weighted by Gasteiger charge is -2.05. The minimum Gasteiger partial charge on any atom is -0.334 e. The highest BCUT2D eigenvalue weighted by atomic mass is 32.2. The molecule has 1 atom stereocenters. The summed E-state index contributed by atoms with van der Waals surface area (Å²) in [7, 11) is 0. The van der Waals surface area contributed by atoms with E-state index in [1.165, 1.54) is 5.56 Å². The van der Waals surface area contributed by atoms with Gasteiger partial charge in [0.25, 0.3) is 5.89 Å². The first-order chi connectivity index (χ1) is 9.19. The molecule has 2 N–H and O–H groups in total. The summed E-state index contributed by atoms with van der Waals surface area (Å²) in [6.45, 7) is 4.91. The summed E-state index contributed by atoms with van der Waals surface area (Å²) in [6.07, 6.45) is 0. The number of aromatic nitrogens is 2. The van der Waals surface area contributed by atoms with Crippen LogP contribution in [0.15, 0.2) is 28.8 Å². The Kier molecular flexibility index (Phi) is 4.99. The third kappa shape index (κ3) is 4.08. The van der Waals surface area contributed by atoms with Gasteiger partial charge in [0.2, 0.25) is 0 Å². The molecular weight excluding hydrogens is 258 g/mol. The molecule has 102 valence electrons. The second-order valence-electron chi connectivity index (χ2n) is 4.74. The molecule has 5 heteroatoms. The van der Waals surface area contributed by atoms with E-state index < -0.39 is 0 Å². The van der Waals surface area contributed by atoms with Gasteiger partial charge in [0.1, 0.15) is 0 Å². The van der Waals surface area contributed by atoms with Gasteiger partial charge in [-0.2, -0.15) is 16.7 Å². The van der Waals surface area contributed by atoms with Gasteiger partial charge in [-0.3, -0.25) is 0 Å². The fourth-order valence-electron chi connectivity index (χ4n) is 1.55. The average Bonchev–Trinajstić information content (AvgIpc) is 2.88. The van der Waals surface area contributed by atoms with E-state index in [4.69, 9.17) is 10.3 Å². The van der Waals surface area contributed by atoms with Crippen LogP contribution in [0.25, 0.3) is 11.5 Å². The van der Waals surface area contributed by atoms with Crippen molar-refractivity contribution in [1.29, 1.82) is 0 Å². The van der Waals surface area contributed by atoms with Crippen molar-refractivity contribution in [3.8, 4) is 11.5 Å². The molecule has 1 unspecified atom stereocenters. The number of nitrogens with two attached hydrogens (primary N) is 1. The van der Waals surface area contributed by atoms with Crippen LogP contribution in [0.4, 0.5) is 0 Å². The summed E-state index contributed by atoms with van der Waals surface area (Å²) < 4.78 is 5.28. The molecule has 0 saturated carbocycles. The van der Waals surface area contributed by atoms with Crippen molar-refractivity contribution in [3.05, 3.63) is 35.7 Å². The Labute approximate surface area is 117 Å². The van der Waals surface area contributed by atoms with Crippen molar-refractivity contribution in [3.63, 3.8) is 0 Å². The number of thioether (sulfide) groups is 1. The molecule has 0 radical (unpaired) electrons. The van der Waals surface area contributed by atoms with Gasteiger partial charge in [-0.1, -0.05) is 29.8 Å². The molecule has 2 aromatic rings. The number of hydrogen-bond donors (Lipinski definition) is 1. The van der Waals surface area contributed by atoms with Crippen molar-refractivity contribution >= 4 is 11.8 Å². The van der Waals surface area contributed by atoms with E-state index in [9.17, 15) is 0 Å². The monoisotopic (exact) mass is 277 g/mol. The summed E-state index contributed by atoms with van der Waals surface area (Å²) >= 11 is 1.79. The SMILES string of the molecule is Cc1ccc(-c2nc(CSCC(C)CN)no2)cc1. The van der Waals surface area contributed by atoms with E-state index in [1.807, 2.05) is 24.3 Å². The second-order valence-corrected chi connectivity index (χ2v) is 5.77. The Morgan fingerprint density at radius 1 is 1.32 bits per heavy atom. The third-order valence-corrected chi connectivity index (χ3v) is 4.07. The van der Waals surface area contributed by atoms with Crippen LogP contribution in [-0.2, 0) is 5.75 Å². The fraction of sp³-hybridized carbons (Fsp3) is 0.429. The zero-order chi connectivity index (χ0) is 13.7. The number of aryl methyl sites for hydroxylation is 1. The second kappa shape index (κ2) is 6.73. The van der Waals surface area contributed by atoms with Gasteiger partial charge in [0.15, 0.2) is 5.82 Å². The number of nitrogens with zero attached hydrogens (tertiary/aromatic N) is 2. The van der Waals surface area contributed by atoms with Crippen LogP contribution in [0, 0.1) is 12.8 Å². The van der Waals surface area contributed by atoms with Gasteiger partial charge < -0.3 is 10.3 Å². The summed E-state index contributed by atoms with van der Waals surface area (Å²) in [6, 6.07) is 8.07. The predicted molar refractivity (Wildman–Crippen MR) is 78.9 cm³/mol. The lowest BCUT2D eigenvalue weighted by molar-refractivity contribution is 0.425. The molecule has 0 aliphatic heterocycles. The maximum absolute atomic E-state index is 5.58. The fourth-order valence-corrected chi connectivity index (χ4v) is 2.50. The van der Waals surface area contributed by atoms with E-state index in [2.05, 4.69) is 24.0 Å². The Morgan fingerprint density at radius 2 is 2.05 bits per heavy atom. The molecule has 0 aliphatic rings. The minimum atomic E-state index is 0.522. The molecule has 1 heterocycles. The zero-order valence-corrected chi connectivity index (χ0v) is 12.1. The maximum Gasteiger partial charge on any atom is 0.257 e. The molecule has 0 saturated heterocycles. The van der Waals surface area contributed by atoms with Gasteiger partial charge in [-0.05, 0) is 37.3 Å². The summed E-state index contributed by atoms with van der Waals surface area (Å²) in [5.41, 5.74) is 7.76. The smallest absolute Gasteiger partial charge is 0.257 e. The van der Waals surface area contributed by atoms with E-state index in [-0.39, 0.29) is 0 Å². The lowest BCUT2D eigenvalue weighted by Crippen LogP contribution is -2.12. The van der Waals surface area contributed by atoms with E-state index in [0.717, 1.165) is 22.9 Å². The zero-order valence-electron chi connectivity index (χ0n) is 11.3. The summed E-state index contributed by atoms with van der Waals surface area (Å²) in [4.78, 5) is 4.40. The normalized spacial score (nSPS) is 12.6. The minimum absolute atomic E-state index is 0.522. The van der Waals surface area contributed by atoms with Gasteiger partial charge in [-0.25, -0.2) is 0 Å². The van der Waals surface area contributed by atoms with Crippen molar-refractivity contribution in [1.82, 2.24) is 10.1 Å². The van der Waals surface area contributed by atoms with Crippen LogP contribution in [0.3, 0.4) is 0 Å². The number of hydrogen-bond acceptors (Lipinski definition) is 5. The molecule has 0 amide bonds. The van der Waals surface area contributed by atoms with Gasteiger partial charge >= 0.3 is 0 Å². The highest BCUT2D eigenvalue weighted by molar-refractivity contribution is 7.98. The first-order valence-corrected chi connectivity index (χ1v) is 7.52. The van der Waals surface area contributed by atoms with Crippen LogP contribution in [0.5, 0.6) is 0 Å². The van der Waals surface area contributed by atoms with Crippen molar-refractivity contribution in [2.75, 3.05) is 12.3 Å². The summed E-state index contributed by atoms with van der Waals surface area (Å²) in [5.74, 6) is 3.63. The number of benzene rings is 1. The van der Waals surface area contributed by atoms with E-state index in [0.29, 0.717) is 18.4 Å². The van der Waals surface area contributed by atoms with E-state index in [1.54, 1.807) is 11.8 Å². The first-order valence-electron chi connectivity index (χ1n) is 6.36. The molecule has 0 aliphatic carbocycles. The standard InChI is InChI=1S/C14H19N3OS/c1-10-3-5-12(6-4-10)14-16-13(17-18-14)9-19-8-11(2)7-15/h3-6,11H,7-9,15H2,1-2H3. The van der Waals surface area contributed by atoms with Crippen LogP contribution in [0.1, 0.15) is 18.3 Å². The largest absolute Gasteiger partial charge is 0.334 e. The number of rotatable bonds is 6. The summed E-state index contributed by atoms with van der Waals surface area (Å²) in [5, 5.41) is 4.00. The molecule has 0 bridgehead atoms. The maximum atomic E-state index is 5.58. The molecule has 19 heavy (non-hydrogen) atoms. The van der Waals surface area contributed by atoms with Crippen molar-refractivity contribution in [2.45, 2.75) is 19.6 Å². The lowest BCUT2D eigenvalue weighted by atomic mass is 10.1. The van der Waals surface area contributed by atoms with Crippen LogP contribution >= 0.6 is 11.8 Å². The predicted octanol–water partition coefficient (Wildman–Crippen LogP) is 2.87. The molecule has 1 aromatic heterocycles. The molecule has 0 fully saturated rings. The van der Waals surface area contributed by atoms with Crippen LogP contribution < -0.4 is 5.73 Å². The van der Waals surface area contributed by atoms with Crippen molar-refractivity contribution < 1.29 is 4.52 Å².